The van der Waals surface area contributed by atoms with E-state index in [1.807, 2.05) is 37.5 Å². The Kier molecular flexibility index (Phi) is 3.27. The monoisotopic (exact) mass is 288 g/mol. The van der Waals surface area contributed by atoms with Crippen LogP contribution in [0.25, 0.3) is 11.0 Å². The highest BCUT2D eigenvalue weighted by molar-refractivity contribution is 7.09. The fraction of sp³-hybridized carbons (Fsp3) is 0.308. The molecule has 0 spiro atoms. The lowest BCUT2D eigenvalue weighted by atomic mass is 10.3. The fourth-order valence-electron chi connectivity index (χ4n) is 1.96. The van der Waals surface area contributed by atoms with Crippen LogP contribution in [0.2, 0.25) is 0 Å². The molecule has 3 heterocycles. The maximum atomic E-state index is 4.57. The number of fused-ring (bicyclic) bond motifs is 1. The lowest BCUT2D eigenvalue weighted by Gasteiger charge is -2.12. The standard InChI is InChI=1S/C13H16N6S/c1-8-6-9-11(15-7-10-14-4-5-20-10)17-13(19(2)3)18-12(9)16-8/h4-6H,7H2,1-3H3,(H2,15,16,17,18). The number of hydrogen-bond acceptors (Lipinski definition) is 6. The van der Waals surface area contributed by atoms with Gasteiger partial charge >= 0.3 is 0 Å². The smallest absolute Gasteiger partial charge is 0.228 e. The van der Waals surface area contributed by atoms with Gasteiger partial charge in [0.25, 0.3) is 0 Å². The number of anilines is 2. The van der Waals surface area contributed by atoms with Crippen LogP contribution in [0.15, 0.2) is 17.6 Å². The van der Waals surface area contributed by atoms with Crippen LogP contribution in [0, 0.1) is 6.92 Å². The van der Waals surface area contributed by atoms with Gasteiger partial charge in [-0.05, 0) is 13.0 Å². The average Bonchev–Trinajstić information content (AvgIpc) is 3.03. The molecule has 0 bridgehead atoms. The molecule has 3 aromatic heterocycles. The largest absolute Gasteiger partial charge is 0.363 e. The molecular formula is C13H16N6S. The summed E-state index contributed by atoms with van der Waals surface area (Å²) in [5, 5.41) is 7.36. The zero-order valence-electron chi connectivity index (χ0n) is 11.6. The average molecular weight is 288 g/mol. The molecule has 0 fully saturated rings. The van der Waals surface area contributed by atoms with E-state index in [2.05, 4.69) is 31.3 Å². The number of rotatable bonds is 4. The lowest BCUT2D eigenvalue weighted by molar-refractivity contribution is 0.998. The van der Waals surface area contributed by atoms with Crippen molar-refractivity contribution in [2.45, 2.75) is 13.5 Å². The van der Waals surface area contributed by atoms with Crippen molar-refractivity contribution in [1.29, 1.82) is 0 Å². The van der Waals surface area contributed by atoms with Gasteiger partial charge in [0, 0.05) is 31.4 Å². The number of aryl methyl sites for hydroxylation is 1. The molecule has 0 aliphatic rings. The topological polar surface area (TPSA) is 69.7 Å². The molecule has 0 aliphatic carbocycles. The molecule has 0 atom stereocenters. The van der Waals surface area contributed by atoms with Gasteiger partial charge in [-0.2, -0.15) is 9.97 Å². The number of nitrogens with one attached hydrogen (secondary N) is 2. The molecule has 7 heteroatoms. The molecule has 0 saturated heterocycles. The van der Waals surface area contributed by atoms with Crippen molar-refractivity contribution in [2.24, 2.45) is 0 Å². The Morgan fingerprint density at radius 1 is 1.35 bits per heavy atom. The summed E-state index contributed by atoms with van der Waals surface area (Å²) < 4.78 is 0. The van der Waals surface area contributed by atoms with E-state index >= 15 is 0 Å². The van der Waals surface area contributed by atoms with Gasteiger partial charge in [-0.15, -0.1) is 11.3 Å². The number of aromatic nitrogens is 4. The predicted molar refractivity (Wildman–Crippen MR) is 82.4 cm³/mol. The molecule has 0 aliphatic heterocycles. The third-order valence-corrected chi connectivity index (χ3v) is 3.68. The second-order valence-electron chi connectivity index (χ2n) is 4.76. The SMILES string of the molecule is Cc1cc2c(NCc3nccs3)nc(N(C)C)nc2[nH]1. The van der Waals surface area contributed by atoms with E-state index in [0.29, 0.717) is 12.5 Å². The highest BCUT2D eigenvalue weighted by atomic mass is 32.1. The Morgan fingerprint density at radius 3 is 2.90 bits per heavy atom. The first-order valence-electron chi connectivity index (χ1n) is 6.30. The van der Waals surface area contributed by atoms with Gasteiger partial charge in [-0.1, -0.05) is 0 Å². The van der Waals surface area contributed by atoms with Crippen molar-refractivity contribution < 1.29 is 0 Å². The van der Waals surface area contributed by atoms with E-state index in [1.165, 1.54) is 0 Å². The molecule has 0 aromatic carbocycles. The van der Waals surface area contributed by atoms with Crippen LogP contribution in [0.5, 0.6) is 0 Å². The first-order chi connectivity index (χ1) is 9.63. The van der Waals surface area contributed by atoms with Crippen molar-refractivity contribution in [1.82, 2.24) is 19.9 Å². The summed E-state index contributed by atoms with van der Waals surface area (Å²) in [6.07, 6.45) is 1.81. The van der Waals surface area contributed by atoms with Crippen LogP contribution < -0.4 is 10.2 Å². The van der Waals surface area contributed by atoms with Crippen LogP contribution in [-0.2, 0) is 6.54 Å². The first kappa shape index (κ1) is 12.9. The third kappa shape index (κ3) is 2.44. The number of aromatic amines is 1. The summed E-state index contributed by atoms with van der Waals surface area (Å²) in [5.41, 5.74) is 1.92. The summed E-state index contributed by atoms with van der Waals surface area (Å²) >= 11 is 1.63. The van der Waals surface area contributed by atoms with Crippen LogP contribution in [0.4, 0.5) is 11.8 Å². The molecular weight excluding hydrogens is 272 g/mol. The Hall–Kier alpha value is -2.15. The quantitative estimate of drug-likeness (QED) is 0.771. The second kappa shape index (κ2) is 5.09. The lowest BCUT2D eigenvalue weighted by Crippen LogP contribution is -2.14. The summed E-state index contributed by atoms with van der Waals surface area (Å²) in [7, 11) is 3.86. The van der Waals surface area contributed by atoms with Gasteiger partial charge in [0.15, 0.2) is 0 Å². The Labute approximate surface area is 120 Å². The number of nitrogens with zero attached hydrogens (tertiary/aromatic N) is 4. The molecule has 3 aromatic rings. The van der Waals surface area contributed by atoms with Gasteiger partial charge in [0.1, 0.15) is 16.5 Å². The van der Waals surface area contributed by atoms with Crippen molar-refractivity contribution in [3.05, 3.63) is 28.3 Å². The Balaban J connectivity index is 1.98. The normalized spacial score (nSPS) is 10.9. The zero-order chi connectivity index (χ0) is 14.1. The molecule has 6 nitrogen and oxygen atoms in total. The summed E-state index contributed by atoms with van der Waals surface area (Å²) in [6, 6.07) is 2.05. The van der Waals surface area contributed by atoms with Gasteiger partial charge in [0.2, 0.25) is 5.95 Å². The summed E-state index contributed by atoms with van der Waals surface area (Å²) in [4.78, 5) is 18.5. The predicted octanol–water partition coefficient (Wildman–Crippen LogP) is 2.40. The van der Waals surface area contributed by atoms with E-state index in [4.69, 9.17) is 0 Å². The number of thiazole rings is 1. The molecule has 3 rings (SSSR count). The van der Waals surface area contributed by atoms with Crippen LogP contribution >= 0.6 is 11.3 Å². The minimum absolute atomic E-state index is 0.668. The van der Waals surface area contributed by atoms with E-state index in [9.17, 15) is 0 Å². The molecule has 0 unspecified atom stereocenters. The minimum atomic E-state index is 0.668. The highest BCUT2D eigenvalue weighted by Crippen LogP contribution is 2.24. The Morgan fingerprint density at radius 2 is 2.20 bits per heavy atom. The second-order valence-corrected chi connectivity index (χ2v) is 5.74. The molecule has 0 amide bonds. The maximum absolute atomic E-state index is 4.57. The Bertz CT molecular complexity index is 716. The highest BCUT2D eigenvalue weighted by Gasteiger charge is 2.11. The van der Waals surface area contributed by atoms with Gasteiger partial charge in [-0.3, -0.25) is 0 Å². The minimum Gasteiger partial charge on any atom is -0.363 e. The summed E-state index contributed by atoms with van der Waals surface area (Å²) in [6.45, 7) is 2.68. The maximum Gasteiger partial charge on any atom is 0.228 e. The van der Waals surface area contributed by atoms with Crippen LogP contribution in [-0.4, -0.2) is 34.0 Å². The number of hydrogen-bond donors (Lipinski definition) is 2. The van der Waals surface area contributed by atoms with E-state index < -0.39 is 0 Å². The third-order valence-electron chi connectivity index (χ3n) is 2.90. The van der Waals surface area contributed by atoms with Crippen LogP contribution in [0.3, 0.4) is 0 Å². The van der Waals surface area contributed by atoms with E-state index in [0.717, 1.165) is 27.6 Å². The fourth-order valence-corrected chi connectivity index (χ4v) is 2.52. The molecule has 2 N–H and O–H groups in total. The molecule has 0 saturated carbocycles. The molecule has 0 radical (unpaired) electrons. The van der Waals surface area contributed by atoms with Crippen molar-refractivity contribution in [2.75, 3.05) is 24.3 Å². The van der Waals surface area contributed by atoms with Gasteiger partial charge in [0.05, 0.1) is 11.9 Å². The van der Waals surface area contributed by atoms with Crippen molar-refractivity contribution in [3.63, 3.8) is 0 Å². The zero-order valence-corrected chi connectivity index (χ0v) is 12.5. The van der Waals surface area contributed by atoms with Gasteiger partial charge < -0.3 is 15.2 Å². The molecule has 20 heavy (non-hydrogen) atoms. The van der Waals surface area contributed by atoms with Crippen LogP contribution in [0.1, 0.15) is 10.7 Å². The van der Waals surface area contributed by atoms with Crippen molar-refractivity contribution in [3.8, 4) is 0 Å². The van der Waals surface area contributed by atoms with E-state index in [1.54, 1.807) is 11.3 Å². The van der Waals surface area contributed by atoms with Crippen molar-refractivity contribution >= 4 is 34.1 Å². The van der Waals surface area contributed by atoms with E-state index in [-0.39, 0.29) is 0 Å². The summed E-state index contributed by atoms with van der Waals surface area (Å²) in [5.74, 6) is 1.51. The van der Waals surface area contributed by atoms with Gasteiger partial charge in [-0.25, -0.2) is 4.98 Å². The molecule has 104 valence electrons. The first-order valence-corrected chi connectivity index (χ1v) is 7.18. The number of H-pyrrole nitrogens is 1.